The van der Waals surface area contributed by atoms with Gasteiger partial charge in [0.25, 0.3) is 0 Å². The first-order chi connectivity index (χ1) is 21.8. The average Bonchev–Trinajstić information content (AvgIpc) is 3.54. The van der Waals surface area contributed by atoms with Gasteiger partial charge in [0.2, 0.25) is 0 Å². The molecule has 5 heterocycles. The molecule has 0 bridgehead atoms. The Morgan fingerprint density at radius 1 is 1.16 bits per heavy atom. The van der Waals surface area contributed by atoms with Crippen LogP contribution in [0.15, 0.2) is 30.5 Å². The van der Waals surface area contributed by atoms with E-state index in [-0.39, 0.29) is 53.2 Å². The molecule has 232 valence electrons. The van der Waals surface area contributed by atoms with E-state index in [1.54, 1.807) is 23.6 Å². The van der Waals surface area contributed by atoms with Crippen LogP contribution in [0.4, 0.5) is 19.0 Å². The van der Waals surface area contributed by atoms with Gasteiger partial charge >= 0.3 is 6.01 Å². The molecule has 0 spiro atoms. The number of aromatic nitrogens is 3. The van der Waals surface area contributed by atoms with Crippen LogP contribution in [0, 0.1) is 11.6 Å². The molecule has 0 amide bonds. The van der Waals surface area contributed by atoms with Crippen LogP contribution in [0.3, 0.4) is 0 Å². The summed E-state index contributed by atoms with van der Waals surface area (Å²) in [5.41, 5.74) is -2.16. The van der Waals surface area contributed by atoms with Gasteiger partial charge in [0.1, 0.15) is 41.3 Å². The third kappa shape index (κ3) is 4.90. The lowest BCUT2D eigenvalue weighted by molar-refractivity contribution is 0.0447. The van der Waals surface area contributed by atoms with E-state index in [4.69, 9.17) is 7.48 Å². The fourth-order valence-corrected chi connectivity index (χ4v) is 7.33. The van der Waals surface area contributed by atoms with Gasteiger partial charge in [-0.3, -0.25) is 9.88 Å². The molecule has 3 aliphatic rings. The van der Waals surface area contributed by atoms with Crippen molar-refractivity contribution in [2.45, 2.75) is 69.7 Å². The summed E-state index contributed by atoms with van der Waals surface area (Å²) in [5, 5.41) is 22.6. The normalized spacial score (nSPS) is 26.7. The number of halogens is 3. The first-order valence-electron chi connectivity index (χ1n) is 16.2. The molecule has 2 N–H and O–H groups in total. The smallest absolute Gasteiger partial charge is 0.319 e. The SMILES string of the molecule is [2H]C([2H])(Oc1nc(N2CCC[C@@](C)(O)C2)c2cnc(-c3cc(O)cc4ccc(F)c(CC)c34)c(F)c2n1)[C@@]12CCCN1C[C@H](F)C2. The van der Waals surface area contributed by atoms with Crippen molar-refractivity contribution in [1.82, 2.24) is 19.9 Å². The molecule has 4 aromatic rings. The number of fused-ring (bicyclic) bond motifs is 3. The molecule has 2 aromatic carbocycles. The highest BCUT2D eigenvalue weighted by molar-refractivity contribution is 6.01. The number of ether oxygens (including phenoxy) is 1. The number of phenolic OH excluding ortho intramolecular Hbond substituents is 1. The van der Waals surface area contributed by atoms with Crippen LogP contribution in [-0.2, 0) is 6.42 Å². The highest BCUT2D eigenvalue weighted by Crippen LogP contribution is 2.42. The molecule has 44 heavy (non-hydrogen) atoms. The monoisotopic (exact) mass is 609 g/mol. The Hall–Kier alpha value is -3.70. The van der Waals surface area contributed by atoms with Crippen molar-refractivity contribution in [3.63, 3.8) is 0 Å². The van der Waals surface area contributed by atoms with Crippen molar-refractivity contribution in [2.75, 3.05) is 37.6 Å². The Bertz CT molecular complexity index is 1860. The lowest BCUT2D eigenvalue weighted by atomic mass is 9.94. The van der Waals surface area contributed by atoms with Crippen molar-refractivity contribution in [3.8, 4) is 23.0 Å². The Morgan fingerprint density at radius 2 is 1.98 bits per heavy atom. The summed E-state index contributed by atoms with van der Waals surface area (Å²) in [6.07, 6.45) is 2.71. The second-order valence-corrected chi connectivity index (χ2v) is 12.6. The lowest BCUT2D eigenvalue weighted by Gasteiger charge is -2.38. The maximum atomic E-state index is 16.8. The number of alkyl halides is 1. The molecular weight excluding hydrogens is 571 g/mol. The van der Waals surface area contributed by atoms with Gasteiger partial charge in [0.15, 0.2) is 5.82 Å². The highest BCUT2D eigenvalue weighted by Gasteiger charge is 2.49. The van der Waals surface area contributed by atoms with Crippen LogP contribution in [-0.4, -0.2) is 80.1 Å². The molecule has 0 radical (unpaired) electrons. The van der Waals surface area contributed by atoms with Crippen LogP contribution in [0.25, 0.3) is 32.9 Å². The fraction of sp³-hybridized carbons (Fsp3) is 0.485. The van der Waals surface area contributed by atoms with Gasteiger partial charge in [0, 0.05) is 37.8 Å². The molecule has 3 atom stereocenters. The minimum atomic E-state index is -2.41. The van der Waals surface area contributed by atoms with Crippen molar-refractivity contribution in [2.24, 2.45) is 0 Å². The van der Waals surface area contributed by atoms with Crippen molar-refractivity contribution >= 4 is 27.5 Å². The zero-order valence-corrected chi connectivity index (χ0v) is 24.7. The van der Waals surface area contributed by atoms with E-state index < -0.39 is 41.5 Å². The third-order valence-corrected chi connectivity index (χ3v) is 9.31. The zero-order valence-electron chi connectivity index (χ0n) is 26.7. The van der Waals surface area contributed by atoms with E-state index in [2.05, 4.69) is 15.0 Å². The molecule has 3 saturated heterocycles. The van der Waals surface area contributed by atoms with Crippen LogP contribution in [0.1, 0.15) is 54.3 Å². The zero-order chi connectivity index (χ0) is 32.6. The number of benzene rings is 2. The van der Waals surface area contributed by atoms with Crippen LogP contribution in [0.2, 0.25) is 0 Å². The van der Waals surface area contributed by atoms with Gasteiger partial charge < -0.3 is 19.8 Å². The van der Waals surface area contributed by atoms with E-state index in [0.717, 1.165) is 0 Å². The lowest BCUT2D eigenvalue weighted by Crippen LogP contribution is -2.46. The summed E-state index contributed by atoms with van der Waals surface area (Å²) < 4.78 is 70.3. The summed E-state index contributed by atoms with van der Waals surface area (Å²) in [4.78, 5) is 16.9. The molecule has 7 rings (SSSR count). The van der Waals surface area contributed by atoms with Gasteiger partial charge in [-0.05, 0) is 80.1 Å². The summed E-state index contributed by atoms with van der Waals surface area (Å²) in [6, 6.07) is 5.19. The number of β-amino-alcohol motifs (C(OH)–C–C–N with tert-alkyl or cyclic N) is 1. The topological polar surface area (TPSA) is 94.8 Å². The van der Waals surface area contributed by atoms with E-state index >= 15 is 4.39 Å². The predicted octanol–water partition coefficient (Wildman–Crippen LogP) is 5.70. The largest absolute Gasteiger partial charge is 0.508 e. The predicted molar refractivity (Wildman–Crippen MR) is 162 cm³/mol. The van der Waals surface area contributed by atoms with Crippen molar-refractivity contribution in [3.05, 3.63) is 47.7 Å². The summed E-state index contributed by atoms with van der Waals surface area (Å²) in [7, 11) is 0. The first kappa shape index (κ1) is 26.7. The number of aryl methyl sites for hydroxylation is 1. The number of aliphatic hydroxyl groups is 1. The van der Waals surface area contributed by atoms with Gasteiger partial charge in [-0.25, -0.2) is 13.2 Å². The first-order valence-corrected chi connectivity index (χ1v) is 15.2. The molecule has 0 aliphatic carbocycles. The molecule has 3 fully saturated rings. The fourth-order valence-electron chi connectivity index (χ4n) is 7.33. The molecule has 3 aliphatic heterocycles. The third-order valence-electron chi connectivity index (χ3n) is 9.31. The molecule has 11 heteroatoms. The number of aromatic hydroxyl groups is 1. The van der Waals surface area contributed by atoms with Crippen molar-refractivity contribution in [1.29, 1.82) is 0 Å². The van der Waals surface area contributed by atoms with Gasteiger partial charge in [-0.15, -0.1) is 0 Å². The number of hydrogen-bond donors (Lipinski definition) is 2. The Labute approximate surface area is 256 Å². The van der Waals surface area contributed by atoms with E-state index in [1.165, 1.54) is 30.5 Å². The molecule has 2 aromatic heterocycles. The van der Waals surface area contributed by atoms with Gasteiger partial charge in [-0.1, -0.05) is 13.0 Å². The molecule has 0 saturated carbocycles. The maximum Gasteiger partial charge on any atom is 0.319 e. The molecular formula is C33H36F3N5O3. The second-order valence-electron chi connectivity index (χ2n) is 12.6. The second kappa shape index (κ2) is 10.7. The standard InChI is InChI=1S/C33H36F3N5O3/c1-3-22-25(35)7-6-19-12-21(42)13-23(26(19)22)28-27(36)29-24(15-37-28)30(40-10-4-8-32(2,43)17-40)39-31(38-29)44-18-33-9-5-11-41(33)16-20(34)14-33/h6-7,12-13,15,20,42-43H,3-5,8-11,14,16-18H2,1-2H3/t20-,32-,33+/m1/s1/i18D2. The van der Waals surface area contributed by atoms with Crippen molar-refractivity contribution < 1.29 is 30.9 Å². The number of pyridine rings is 1. The van der Waals surface area contributed by atoms with Crippen LogP contribution in [0.5, 0.6) is 11.8 Å². The highest BCUT2D eigenvalue weighted by atomic mass is 19.1. The van der Waals surface area contributed by atoms with Crippen LogP contribution >= 0.6 is 0 Å². The summed E-state index contributed by atoms with van der Waals surface area (Å²) in [5.74, 6) is -1.30. The minimum Gasteiger partial charge on any atom is -0.508 e. The number of piperidine rings is 1. The minimum absolute atomic E-state index is 0.0429. The molecule has 8 nitrogen and oxygen atoms in total. The van der Waals surface area contributed by atoms with Gasteiger partial charge in [-0.2, -0.15) is 9.97 Å². The summed E-state index contributed by atoms with van der Waals surface area (Å²) in [6.45, 7) is 2.37. The number of hydrogen-bond acceptors (Lipinski definition) is 8. The van der Waals surface area contributed by atoms with E-state index in [9.17, 15) is 19.0 Å². The maximum absolute atomic E-state index is 16.8. The number of rotatable bonds is 6. The Kier molecular flexibility index (Phi) is 6.51. The van der Waals surface area contributed by atoms with E-state index in [0.29, 0.717) is 61.5 Å². The number of nitrogens with zero attached hydrogens (tertiary/aromatic N) is 5. The molecule has 0 unspecified atom stereocenters. The summed E-state index contributed by atoms with van der Waals surface area (Å²) >= 11 is 0. The van der Waals surface area contributed by atoms with Gasteiger partial charge in [0.05, 0.1) is 19.3 Å². The average molecular weight is 610 g/mol. The van der Waals surface area contributed by atoms with Crippen LogP contribution < -0.4 is 9.64 Å². The number of phenols is 1. The Balaban J connectivity index is 1.42. The Morgan fingerprint density at radius 3 is 2.77 bits per heavy atom. The van der Waals surface area contributed by atoms with E-state index in [1.807, 2.05) is 0 Å². The quantitative estimate of drug-likeness (QED) is 0.288. The number of anilines is 1.